The monoisotopic (exact) mass is 322 g/mol. The van der Waals surface area contributed by atoms with Crippen LogP contribution in [0.15, 0.2) is 12.4 Å². The van der Waals surface area contributed by atoms with E-state index in [0.717, 1.165) is 11.3 Å². The average molecular weight is 322 g/mol. The predicted molar refractivity (Wildman–Crippen MR) is 79.8 cm³/mol. The lowest BCUT2D eigenvalue weighted by molar-refractivity contribution is -0.385. The molecule has 0 atom stereocenters. The summed E-state index contributed by atoms with van der Waals surface area (Å²) in [5.74, 6) is -0.244. The molecule has 10 nitrogen and oxygen atoms in total. The number of hydrogen-bond acceptors (Lipinski definition) is 6. The van der Waals surface area contributed by atoms with Crippen LogP contribution < -0.4 is 10.1 Å². The second-order valence-electron chi connectivity index (χ2n) is 4.95. The van der Waals surface area contributed by atoms with Crippen molar-refractivity contribution >= 4 is 11.6 Å². The van der Waals surface area contributed by atoms with Crippen LogP contribution in [0.5, 0.6) is 5.88 Å². The van der Waals surface area contributed by atoms with Gasteiger partial charge in [-0.05, 0) is 6.92 Å². The number of ether oxygens (including phenoxy) is 1. The smallest absolute Gasteiger partial charge is 0.350 e. The minimum atomic E-state index is -0.576. The van der Waals surface area contributed by atoms with Crippen molar-refractivity contribution < 1.29 is 14.5 Å². The summed E-state index contributed by atoms with van der Waals surface area (Å²) in [5, 5.41) is 21.6. The molecule has 0 aromatic carbocycles. The largest absolute Gasteiger partial charge is 0.475 e. The van der Waals surface area contributed by atoms with Gasteiger partial charge in [0.2, 0.25) is 5.91 Å². The molecule has 0 spiro atoms. The molecule has 0 bridgehead atoms. The summed E-state index contributed by atoms with van der Waals surface area (Å²) >= 11 is 0. The topological polar surface area (TPSA) is 117 Å². The summed E-state index contributed by atoms with van der Waals surface area (Å²) in [5.41, 5.74) is 1.70. The van der Waals surface area contributed by atoms with Gasteiger partial charge in [0, 0.05) is 31.3 Å². The third-order valence-electron chi connectivity index (χ3n) is 3.48. The number of aromatic nitrogens is 4. The molecule has 0 radical (unpaired) electrons. The zero-order valence-electron chi connectivity index (χ0n) is 13.1. The van der Waals surface area contributed by atoms with Crippen molar-refractivity contribution in [2.75, 3.05) is 7.11 Å². The van der Waals surface area contributed by atoms with E-state index >= 15 is 0 Å². The second-order valence-corrected chi connectivity index (χ2v) is 4.95. The Bertz CT molecular complexity index is 720. The number of aryl methyl sites for hydroxylation is 2. The molecule has 1 amide bonds. The molecule has 0 unspecified atom stereocenters. The third-order valence-corrected chi connectivity index (χ3v) is 3.48. The average Bonchev–Trinajstić information content (AvgIpc) is 3.08. The summed E-state index contributed by atoms with van der Waals surface area (Å²) in [6.07, 6.45) is 3.11. The fraction of sp³-hybridized carbons (Fsp3) is 0.462. The van der Waals surface area contributed by atoms with Gasteiger partial charge in [0.1, 0.15) is 6.20 Å². The molecule has 2 aromatic heterocycles. The lowest BCUT2D eigenvalue weighted by Gasteiger charge is -2.05. The molecule has 2 aromatic rings. The highest BCUT2D eigenvalue weighted by Gasteiger charge is 2.20. The van der Waals surface area contributed by atoms with Crippen molar-refractivity contribution in [2.24, 2.45) is 7.05 Å². The normalized spacial score (nSPS) is 10.6. The van der Waals surface area contributed by atoms with Gasteiger partial charge in [-0.25, -0.2) is 0 Å². The molecule has 0 fully saturated rings. The van der Waals surface area contributed by atoms with Crippen molar-refractivity contribution in [3.63, 3.8) is 0 Å². The van der Waals surface area contributed by atoms with Crippen LogP contribution in [-0.4, -0.2) is 37.5 Å². The molecule has 10 heteroatoms. The van der Waals surface area contributed by atoms with Gasteiger partial charge in [0.05, 0.1) is 24.8 Å². The molecule has 124 valence electrons. The van der Waals surface area contributed by atoms with E-state index in [1.54, 1.807) is 10.9 Å². The Morgan fingerprint density at radius 1 is 1.52 bits per heavy atom. The van der Waals surface area contributed by atoms with E-state index in [0.29, 0.717) is 6.54 Å². The Labute approximate surface area is 132 Å². The Kier molecular flexibility index (Phi) is 4.94. The summed E-state index contributed by atoms with van der Waals surface area (Å²) in [6.45, 7) is 2.53. The van der Waals surface area contributed by atoms with Gasteiger partial charge in [-0.15, -0.1) is 5.10 Å². The number of carbonyl (C=O) groups is 1. The van der Waals surface area contributed by atoms with E-state index < -0.39 is 4.92 Å². The highest BCUT2D eigenvalue weighted by atomic mass is 16.6. The number of amides is 1. The van der Waals surface area contributed by atoms with Gasteiger partial charge in [0.15, 0.2) is 0 Å². The fourth-order valence-electron chi connectivity index (χ4n) is 1.99. The van der Waals surface area contributed by atoms with E-state index in [1.807, 2.05) is 14.0 Å². The minimum absolute atomic E-state index is 0.0682. The van der Waals surface area contributed by atoms with Crippen molar-refractivity contribution in [3.05, 3.63) is 33.8 Å². The number of carbonyl (C=O) groups excluding carboxylic acids is 1. The van der Waals surface area contributed by atoms with Gasteiger partial charge in [-0.1, -0.05) is 0 Å². The Balaban J connectivity index is 1.87. The van der Waals surface area contributed by atoms with E-state index in [1.165, 1.54) is 18.0 Å². The van der Waals surface area contributed by atoms with Gasteiger partial charge < -0.3 is 10.1 Å². The maximum absolute atomic E-state index is 11.9. The zero-order valence-corrected chi connectivity index (χ0v) is 13.1. The highest BCUT2D eigenvalue weighted by Crippen LogP contribution is 2.23. The summed E-state index contributed by atoms with van der Waals surface area (Å²) in [4.78, 5) is 22.1. The van der Waals surface area contributed by atoms with Crippen LogP contribution in [0.2, 0.25) is 0 Å². The molecule has 0 aliphatic heterocycles. The lowest BCUT2D eigenvalue weighted by atomic mass is 10.2. The van der Waals surface area contributed by atoms with E-state index in [4.69, 9.17) is 4.74 Å². The van der Waals surface area contributed by atoms with Gasteiger partial charge >= 0.3 is 11.6 Å². The summed E-state index contributed by atoms with van der Waals surface area (Å²) < 4.78 is 7.89. The van der Waals surface area contributed by atoms with Gasteiger partial charge in [0.25, 0.3) is 0 Å². The first-order valence-electron chi connectivity index (χ1n) is 6.92. The van der Waals surface area contributed by atoms with Crippen molar-refractivity contribution in [3.8, 4) is 5.88 Å². The first-order valence-corrected chi connectivity index (χ1v) is 6.92. The molecule has 2 rings (SSSR count). The highest BCUT2D eigenvalue weighted by molar-refractivity contribution is 5.75. The van der Waals surface area contributed by atoms with E-state index in [-0.39, 0.29) is 30.4 Å². The van der Waals surface area contributed by atoms with Crippen LogP contribution in [-0.2, 0) is 24.9 Å². The van der Waals surface area contributed by atoms with Crippen LogP contribution in [0.3, 0.4) is 0 Å². The molecule has 0 saturated heterocycles. The first-order chi connectivity index (χ1) is 10.9. The summed E-state index contributed by atoms with van der Waals surface area (Å²) in [7, 11) is 3.14. The molecular weight excluding hydrogens is 304 g/mol. The quantitative estimate of drug-likeness (QED) is 0.587. The number of rotatable bonds is 7. The van der Waals surface area contributed by atoms with Crippen LogP contribution in [0, 0.1) is 17.0 Å². The second kappa shape index (κ2) is 6.90. The number of nitro groups is 1. The Morgan fingerprint density at radius 2 is 2.26 bits per heavy atom. The maximum atomic E-state index is 11.9. The Hall–Kier alpha value is -2.91. The first kappa shape index (κ1) is 16.5. The molecule has 0 aliphatic carbocycles. The number of nitrogens with zero attached hydrogens (tertiary/aromatic N) is 5. The van der Waals surface area contributed by atoms with Crippen molar-refractivity contribution in [1.82, 2.24) is 24.9 Å². The molecule has 1 N–H and O–H groups in total. The van der Waals surface area contributed by atoms with Gasteiger partial charge in [-0.3, -0.25) is 24.3 Å². The lowest BCUT2D eigenvalue weighted by Crippen LogP contribution is -2.24. The fourth-order valence-corrected chi connectivity index (χ4v) is 1.99. The number of methoxy groups -OCH3 is 1. The van der Waals surface area contributed by atoms with Crippen LogP contribution in [0.1, 0.15) is 17.7 Å². The molecule has 23 heavy (non-hydrogen) atoms. The molecular formula is C13H18N6O4. The van der Waals surface area contributed by atoms with Crippen molar-refractivity contribution in [1.29, 1.82) is 0 Å². The number of hydrogen-bond donors (Lipinski definition) is 1. The molecule has 0 saturated carbocycles. The zero-order chi connectivity index (χ0) is 17.0. The minimum Gasteiger partial charge on any atom is -0.475 e. The summed E-state index contributed by atoms with van der Waals surface area (Å²) in [6, 6.07) is 0. The number of nitrogens with one attached hydrogen (secondary N) is 1. The van der Waals surface area contributed by atoms with Gasteiger partial charge in [-0.2, -0.15) is 5.10 Å². The maximum Gasteiger partial charge on any atom is 0.350 e. The Morgan fingerprint density at radius 3 is 2.78 bits per heavy atom. The third kappa shape index (κ3) is 3.84. The van der Waals surface area contributed by atoms with Crippen LogP contribution >= 0.6 is 0 Å². The van der Waals surface area contributed by atoms with Crippen LogP contribution in [0.25, 0.3) is 0 Å². The van der Waals surface area contributed by atoms with Crippen molar-refractivity contribution in [2.45, 2.75) is 26.4 Å². The molecule has 2 heterocycles. The SMILES string of the molecule is COc1nn(CCC(=O)NCc2cnn(C)c2C)cc1[N+](=O)[O-]. The standard InChI is InChI=1S/C13H18N6O4/c1-9-10(7-15-17(9)2)6-14-12(20)4-5-18-8-11(19(21)22)13(16-18)23-3/h7-8H,4-6H2,1-3H3,(H,14,20). The van der Waals surface area contributed by atoms with E-state index in [2.05, 4.69) is 15.5 Å². The van der Waals surface area contributed by atoms with Crippen LogP contribution in [0.4, 0.5) is 5.69 Å². The predicted octanol–water partition coefficient (Wildman–Crippen LogP) is 0.548. The van der Waals surface area contributed by atoms with E-state index in [9.17, 15) is 14.9 Å². The molecule has 0 aliphatic rings.